The predicted molar refractivity (Wildman–Crippen MR) is 89.1 cm³/mol. The molecule has 1 aliphatic heterocycles. The quantitative estimate of drug-likeness (QED) is 0.611. The molecule has 1 N–H and O–H groups in total. The summed E-state index contributed by atoms with van der Waals surface area (Å²) in [5.74, 6) is 1.85. The summed E-state index contributed by atoms with van der Waals surface area (Å²) in [7, 11) is -1.24. The largest absolute Gasteiger partial charge is 0.355 e. The summed E-state index contributed by atoms with van der Waals surface area (Å²) in [5.41, 5.74) is 0. The number of aromatic nitrogens is 1. The Kier molecular flexibility index (Phi) is 5.59. The zero-order valence-corrected chi connectivity index (χ0v) is 13.9. The zero-order chi connectivity index (χ0) is 16.0. The lowest BCUT2D eigenvalue weighted by Gasteiger charge is -2.37. The third-order valence-corrected chi connectivity index (χ3v) is 4.47. The Morgan fingerprint density at radius 3 is 2.59 bits per heavy atom. The zero-order valence-electron chi connectivity index (χ0n) is 13.1. The standard InChI is InChI=1S/C14H23N5O2S/c1-15-14(17-7-12-22(2,20)21)19-10-8-18(9-11-19)13-5-3-4-6-16-13/h3-6H,7-12H2,1-2H3,(H,15,17). The van der Waals surface area contributed by atoms with Crippen LogP contribution >= 0.6 is 0 Å². The Morgan fingerprint density at radius 2 is 2.05 bits per heavy atom. The van der Waals surface area contributed by atoms with E-state index in [4.69, 9.17) is 0 Å². The van der Waals surface area contributed by atoms with Gasteiger partial charge in [0.1, 0.15) is 15.7 Å². The highest BCUT2D eigenvalue weighted by atomic mass is 32.2. The maximum atomic E-state index is 11.2. The van der Waals surface area contributed by atoms with Crippen molar-refractivity contribution in [2.24, 2.45) is 4.99 Å². The van der Waals surface area contributed by atoms with Gasteiger partial charge in [-0.2, -0.15) is 0 Å². The molecule has 0 unspecified atom stereocenters. The van der Waals surface area contributed by atoms with Gasteiger partial charge >= 0.3 is 0 Å². The second kappa shape index (κ2) is 7.44. The van der Waals surface area contributed by atoms with Gasteiger partial charge in [0, 0.05) is 52.2 Å². The van der Waals surface area contributed by atoms with Crippen LogP contribution in [-0.2, 0) is 9.84 Å². The summed E-state index contributed by atoms with van der Waals surface area (Å²) in [6.07, 6.45) is 3.04. The van der Waals surface area contributed by atoms with Gasteiger partial charge in [0.25, 0.3) is 0 Å². The summed E-state index contributed by atoms with van der Waals surface area (Å²) in [6.45, 7) is 3.77. The number of guanidine groups is 1. The van der Waals surface area contributed by atoms with Crippen LogP contribution in [0.3, 0.4) is 0 Å². The minimum absolute atomic E-state index is 0.111. The molecule has 0 radical (unpaired) electrons. The molecule has 2 rings (SSSR count). The average molecular weight is 325 g/mol. The highest BCUT2D eigenvalue weighted by Crippen LogP contribution is 2.12. The third-order valence-electron chi connectivity index (χ3n) is 3.52. The van der Waals surface area contributed by atoms with Crippen LogP contribution in [-0.4, -0.2) is 76.0 Å². The second-order valence-electron chi connectivity index (χ2n) is 5.27. The lowest BCUT2D eigenvalue weighted by atomic mass is 10.3. The maximum absolute atomic E-state index is 11.2. The summed E-state index contributed by atoms with van der Waals surface area (Å²) in [4.78, 5) is 13.0. The number of hydrogen-bond donors (Lipinski definition) is 1. The lowest BCUT2D eigenvalue weighted by molar-refractivity contribution is 0.372. The van der Waals surface area contributed by atoms with Crippen molar-refractivity contribution in [3.8, 4) is 0 Å². The predicted octanol–water partition coefficient (Wildman–Crippen LogP) is -0.176. The number of nitrogens with one attached hydrogen (secondary N) is 1. The van der Waals surface area contributed by atoms with Gasteiger partial charge in [-0.15, -0.1) is 0 Å². The fourth-order valence-electron chi connectivity index (χ4n) is 2.37. The molecular weight excluding hydrogens is 302 g/mol. The number of pyridine rings is 1. The SMILES string of the molecule is CN=C(NCCS(C)(=O)=O)N1CCN(c2ccccn2)CC1. The van der Waals surface area contributed by atoms with Crippen LogP contribution in [0.5, 0.6) is 0 Å². The Labute approximate surface area is 132 Å². The second-order valence-corrected chi connectivity index (χ2v) is 7.53. The van der Waals surface area contributed by atoms with Crippen molar-refractivity contribution in [3.05, 3.63) is 24.4 Å². The van der Waals surface area contributed by atoms with Gasteiger partial charge in [0.2, 0.25) is 0 Å². The summed E-state index contributed by atoms with van der Waals surface area (Å²) < 4.78 is 22.3. The van der Waals surface area contributed by atoms with Crippen LogP contribution in [0.4, 0.5) is 5.82 Å². The fourth-order valence-corrected chi connectivity index (χ4v) is 2.84. The van der Waals surface area contributed by atoms with E-state index in [2.05, 4.69) is 25.1 Å². The first-order valence-corrected chi connectivity index (χ1v) is 9.35. The molecular formula is C14H23N5O2S. The van der Waals surface area contributed by atoms with E-state index in [0.717, 1.165) is 38.0 Å². The van der Waals surface area contributed by atoms with Crippen molar-refractivity contribution in [2.45, 2.75) is 0 Å². The maximum Gasteiger partial charge on any atom is 0.193 e. The van der Waals surface area contributed by atoms with Crippen molar-refractivity contribution in [2.75, 3.05) is 56.7 Å². The molecule has 2 heterocycles. The van der Waals surface area contributed by atoms with E-state index in [1.54, 1.807) is 13.2 Å². The minimum atomic E-state index is -2.96. The van der Waals surface area contributed by atoms with Gasteiger partial charge in [0.05, 0.1) is 5.75 Å². The molecule has 1 aliphatic rings. The van der Waals surface area contributed by atoms with E-state index in [1.165, 1.54) is 6.26 Å². The van der Waals surface area contributed by atoms with Crippen LogP contribution in [0.1, 0.15) is 0 Å². The van der Waals surface area contributed by atoms with E-state index in [-0.39, 0.29) is 5.75 Å². The average Bonchev–Trinajstić information content (AvgIpc) is 2.52. The van der Waals surface area contributed by atoms with Crippen molar-refractivity contribution in [3.63, 3.8) is 0 Å². The van der Waals surface area contributed by atoms with Gasteiger partial charge in [-0.05, 0) is 12.1 Å². The number of aliphatic imine (C=N–C) groups is 1. The first-order chi connectivity index (χ1) is 10.5. The van der Waals surface area contributed by atoms with Crippen LogP contribution in [0, 0.1) is 0 Å². The van der Waals surface area contributed by atoms with E-state index >= 15 is 0 Å². The Morgan fingerprint density at radius 1 is 1.32 bits per heavy atom. The fraction of sp³-hybridized carbons (Fsp3) is 0.571. The highest BCUT2D eigenvalue weighted by Gasteiger charge is 2.20. The molecule has 8 heteroatoms. The Bertz CT molecular complexity index is 595. The summed E-state index contributed by atoms with van der Waals surface area (Å²) in [6, 6.07) is 5.91. The molecule has 1 fully saturated rings. The van der Waals surface area contributed by atoms with Crippen LogP contribution < -0.4 is 10.2 Å². The smallest absolute Gasteiger partial charge is 0.193 e. The molecule has 1 aromatic rings. The van der Waals surface area contributed by atoms with Crippen LogP contribution in [0.2, 0.25) is 0 Å². The Balaban J connectivity index is 1.84. The number of piperazine rings is 1. The molecule has 0 atom stereocenters. The van der Waals surface area contributed by atoms with Crippen molar-refractivity contribution in [1.29, 1.82) is 0 Å². The van der Waals surface area contributed by atoms with Crippen molar-refractivity contribution < 1.29 is 8.42 Å². The molecule has 0 aliphatic carbocycles. The minimum Gasteiger partial charge on any atom is -0.355 e. The molecule has 22 heavy (non-hydrogen) atoms. The number of anilines is 1. The monoisotopic (exact) mass is 325 g/mol. The Hall–Kier alpha value is -1.83. The molecule has 0 amide bonds. The molecule has 0 aromatic carbocycles. The summed E-state index contributed by atoms with van der Waals surface area (Å²) in [5, 5.41) is 3.11. The van der Waals surface area contributed by atoms with Crippen LogP contribution in [0.25, 0.3) is 0 Å². The van der Waals surface area contributed by atoms with Crippen molar-refractivity contribution in [1.82, 2.24) is 15.2 Å². The molecule has 1 saturated heterocycles. The molecule has 7 nitrogen and oxygen atoms in total. The van der Waals surface area contributed by atoms with Gasteiger partial charge < -0.3 is 15.1 Å². The van der Waals surface area contributed by atoms with Gasteiger partial charge in [-0.25, -0.2) is 13.4 Å². The number of sulfone groups is 1. The normalized spacial score (nSPS) is 16.7. The van der Waals surface area contributed by atoms with Crippen LogP contribution in [0.15, 0.2) is 29.4 Å². The van der Waals surface area contributed by atoms with Gasteiger partial charge in [0.15, 0.2) is 5.96 Å². The number of nitrogens with zero attached hydrogens (tertiary/aromatic N) is 4. The van der Waals surface area contributed by atoms with Gasteiger partial charge in [-0.3, -0.25) is 4.99 Å². The molecule has 0 bridgehead atoms. The van der Waals surface area contributed by atoms with E-state index < -0.39 is 9.84 Å². The summed E-state index contributed by atoms with van der Waals surface area (Å²) >= 11 is 0. The van der Waals surface area contributed by atoms with E-state index in [9.17, 15) is 8.42 Å². The molecule has 122 valence electrons. The first kappa shape index (κ1) is 16.5. The van der Waals surface area contributed by atoms with Crippen molar-refractivity contribution >= 4 is 21.6 Å². The van der Waals surface area contributed by atoms with E-state index in [1.807, 2.05) is 18.2 Å². The molecule has 0 saturated carbocycles. The van der Waals surface area contributed by atoms with Gasteiger partial charge in [-0.1, -0.05) is 6.07 Å². The lowest BCUT2D eigenvalue weighted by Crippen LogP contribution is -2.53. The first-order valence-electron chi connectivity index (χ1n) is 7.29. The van der Waals surface area contributed by atoms with E-state index in [0.29, 0.717) is 6.54 Å². The highest BCUT2D eigenvalue weighted by molar-refractivity contribution is 7.90. The third kappa shape index (κ3) is 4.87. The molecule has 0 spiro atoms. The topological polar surface area (TPSA) is 77.9 Å². The molecule has 1 aromatic heterocycles. The number of hydrogen-bond acceptors (Lipinski definition) is 5. The number of rotatable bonds is 4.